The number of benzene rings is 1. The molecular weight excluding hydrogens is 363 g/mol. The molecule has 1 aliphatic heterocycles. The van der Waals surface area contributed by atoms with Crippen molar-refractivity contribution in [1.82, 2.24) is 20.3 Å². The summed E-state index contributed by atoms with van der Waals surface area (Å²) < 4.78 is 42.9. The van der Waals surface area contributed by atoms with Gasteiger partial charge in [-0.05, 0) is 57.1 Å². The molecule has 0 aliphatic carbocycles. The van der Waals surface area contributed by atoms with Gasteiger partial charge in [-0.2, -0.15) is 13.2 Å². The Balaban J connectivity index is 1.62. The van der Waals surface area contributed by atoms with Crippen LogP contribution in [0, 0.1) is 6.92 Å². The fraction of sp³-hybridized carbons (Fsp3) is 0.471. The Hall–Kier alpha value is -2.62. The smallest absolute Gasteiger partial charge is 0.422 e. The number of halogens is 3. The number of nitrogens with one attached hydrogen (secondary N) is 2. The zero-order valence-corrected chi connectivity index (χ0v) is 14.7. The van der Waals surface area contributed by atoms with Crippen molar-refractivity contribution in [3.05, 3.63) is 35.7 Å². The molecule has 0 radical (unpaired) electrons. The number of alkyl halides is 3. The molecule has 2 heterocycles. The molecule has 1 amide bonds. The highest BCUT2D eigenvalue weighted by molar-refractivity contribution is 6.03. The Morgan fingerprint density at radius 1 is 1.30 bits per heavy atom. The lowest BCUT2D eigenvalue weighted by Crippen LogP contribution is -2.30. The minimum absolute atomic E-state index is 0.0679. The highest BCUT2D eigenvalue weighted by Crippen LogP contribution is 2.22. The first-order valence-electron chi connectivity index (χ1n) is 8.57. The van der Waals surface area contributed by atoms with Crippen LogP contribution in [0.4, 0.5) is 18.9 Å². The van der Waals surface area contributed by atoms with Gasteiger partial charge in [-0.3, -0.25) is 4.79 Å². The minimum Gasteiger partial charge on any atom is -0.484 e. The van der Waals surface area contributed by atoms with Crippen molar-refractivity contribution in [2.45, 2.75) is 32.0 Å². The highest BCUT2D eigenvalue weighted by Gasteiger charge is 2.28. The van der Waals surface area contributed by atoms with Crippen LogP contribution in [-0.4, -0.2) is 46.8 Å². The topological polar surface area (TPSA) is 81.1 Å². The van der Waals surface area contributed by atoms with Gasteiger partial charge in [0.05, 0.1) is 11.7 Å². The quantitative estimate of drug-likeness (QED) is 0.830. The molecular formula is C17H20F3N5O2. The van der Waals surface area contributed by atoms with Crippen molar-refractivity contribution < 1.29 is 22.7 Å². The van der Waals surface area contributed by atoms with Crippen molar-refractivity contribution >= 4 is 11.6 Å². The normalized spacial score (nSPS) is 15.6. The Morgan fingerprint density at radius 2 is 1.96 bits per heavy atom. The van der Waals surface area contributed by atoms with Gasteiger partial charge in [0, 0.05) is 5.69 Å². The van der Waals surface area contributed by atoms with E-state index in [9.17, 15) is 18.0 Å². The predicted molar refractivity (Wildman–Crippen MR) is 91.8 cm³/mol. The average molecular weight is 383 g/mol. The summed E-state index contributed by atoms with van der Waals surface area (Å²) in [4.78, 5) is 12.5. The molecule has 27 heavy (non-hydrogen) atoms. The van der Waals surface area contributed by atoms with Crippen LogP contribution < -0.4 is 15.4 Å². The van der Waals surface area contributed by atoms with Crippen LogP contribution in [0.15, 0.2) is 24.3 Å². The first-order valence-corrected chi connectivity index (χ1v) is 8.57. The highest BCUT2D eigenvalue weighted by atomic mass is 19.4. The molecule has 1 aliphatic rings. The maximum absolute atomic E-state index is 12.5. The Labute approximate surface area is 153 Å². The van der Waals surface area contributed by atoms with Crippen LogP contribution >= 0.6 is 0 Å². The number of hydrogen-bond donors (Lipinski definition) is 2. The summed E-state index contributed by atoms with van der Waals surface area (Å²) in [6.45, 7) is 2.23. The van der Waals surface area contributed by atoms with Gasteiger partial charge in [0.2, 0.25) is 0 Å². The molecule has 2 aromatic rings. The van der Waals surface area contributed by atoms with Crippen molar-refractivity contribution in [2.24, 2.45) is 0 Å². The molecule has 3 rings (SSSR count). The fourth-order valence-electron chi connectivity index (χ4n) is 2.94. The molecule has 0 atom stereocenters. The molecule has 2 N–H and O–H groups in total. The lowest BCUT2D eigenvalue weighted by molar-refractivity contribution is -0.153. The number of anilines is 1. The molecule has 1 aromatic carbocycles. The van der Waals surface area contributed by atoms with E-state index in [4.69, 9.17) is 0 Å². The second-order valence-electron chi connectivity index (χ2n) is 6.33. The van der Waals surface area contributed by atoms with Gasteiger partial charge in [-0.15, -0.1) is 5.10 Å². The maximum Gasteiger partial charge on any atom is 0.422 e. The van der Waals surface area contributed by atoms with Crippen molar-refractivity contribution in [3.8, 4) is 5.75 Å². The minimum atomic E-state index is -4.40. The average Bonchev–Trinajstić information content (AvgIpc) is 3.03. The lowest BCUT2D eigenvalue weighted by atomic mass is 10.1. The molecule has 10 heteroatoms. The van der Waals surface area contributed by atoms with E-state index in [1.165, 1.54) is 24.3 Å². The summed E-state index contributed by atoms with van der Waals surface area (Å²) in [5.74, 6) is -0.352. The summed E-state index contributed by atoms with van der Waals surface area (Å²) in [7, 11) is 0. The van der Waals surface area contributed by atoms with Gasteiger partial charge in [0.15, 0.2) is 12.3 Å². The van der Waals surface area contributed by atoms with Gasteiger partial charge < -0.3 is 15.4 Å². The molecule has 1 saturated heterocycles. The van der Waals surface area contributed by atoms with Crippen LogP contribution in [0.1, 0.15) is 35.1 Å². The van der Waals surface area contributed by atoms with Crippen LogP contribution in [-0.2, 0) is 0 Å². The largest absolute Gasteiger partial charge is 0.484 e. The standard InChI is InChI=1S/C17H20F3N5O2/c1-11-15(23-24-25(11)13-6-8-21-9-7-13)16(26)22-12-2-4-14(5-3-12)27-10-17(18,19)20/h2-5,13,21H,6-10H2,1H3,(H,22,26). The van der Waals surface area contributed by atoms with Crippen LogP contribution in [0.5, 0.6) is 5.75 Å². The Morgan fingerprint density at radius 3 is 2.59 bits per heavy atom. The molecule has 0 unspecified atom stereocenters. The number of piperidine rings is 1. The van der Waals surface area contributed by atoms with E-state index in [2.05, 4.69) is 25.7 Å². The van der Waals surface area contributed by atoms with Gasteiger partial charge in [-0.1, -0.05) is 5.21 Å². The van der Waals surface area contributed by atoms with E-state index >= 15 is 0 Å². The molecule has 1 fully saturated rings. The van der Waals surface area contributed by atoms with Crippen molar-refractivity contribution in [2.75, 3.05) is 25.0 Å². The summed E-state index contributed by atoms with van der Waals surface area (Å²) in [5, 5.41) is 14.1. The van der Waals surface area contributed by atoms with Crippen molar-refractivity contribution in [1.29, 1.82) is 0 Å². The third-order valence-corrected chi connectivity index (χ3v) is 4.31. The number of carbonyl (C=O) groups excluding carboxylic acids is 1. The lowest BCUT2D eigenvalue weighted by Gasteiger charge is -2.23. The number of rotatable bonds is 5. The van der Waals surface area contributed by atoms with E-state index in [-0.39, 0.29) is 17.5 Å². The Kier molecular flexibility index (Phi) is 5.64. The number of hydrogen-bond acceptors (Lipinski definition) is 5. The third-order valence-electron chi connectivity index (χ3n) is 4.31. The maximum atomic E-state index is 12.5. The van der Waals surface area contributed by atoms with Gasteiger partial charge >= 0.3 is 6.18 Å². The summed E-state index contributed by atoms with van der Waals surface area (Å²) in [6.07, 6.45) is -2.56. The number of carbonyl (C=O) groups is 1. The second kappa shape index (κ2) is 7.95. The summed E-state index contributed by atoms with van der Waals surface area (Å²) >= 11 is 0. The Bertz CT molecular complexity index is 783. The zero-order chi connectivity index (χ0) is 19.4. The molecule has 146 valence electrons. The van der Waals surface area contributed by atoms with Crippen LogP contribution in [0.2, 0.25) is 0 Å². The second-order valence-corrected chi connectivity index (χ2v) is 6.33. The number of aromatic nitrogens is 3. The van der Waals surface area contributed by atoms with Gasteiger partial charge in [-0.25, -0.2) is 4.68 Å². The molecule has 1 aromatic heterocycles. The zero-order valence-electron chi connectivity index (χ0n) is 14.7. The van der Waals surface area contributed by atoms with Crippen LogP contribution in [0.25, 0.3) is 0 Å². The van der Waals surface area contributed by atoms with Gasteiger partial charge in [0.25, 0.3) is 5.91 Å². The third kappa shape index (κ3) is 4.97. The SMILES string of the molecule is Cc1c(C(=O)Nc2ccc(OCC(F)(F)F)cc2)nnn1C1CCNCC1. The molecule has 0 spiro atoms. The number of ether oxygens (including phenoxy) is 1. The summed E-state index contributed by atoms with van der Waals surface area (Å²) in [5.41, 5.74) is 1.34. The molecule has 0 saturated carbocycles. The predicted octanol–water partition coefficient (Wildman–Crippen LogP) is 2.70. The molecule has 0 bridgehead atoms. The van der Waals surface area contributed by atoms with Gasteiger partial charge in [0.1, 0.15) is 5.75 Å². The molecule has 7 nitrogen and oxygen atoms in total. The van der Waals surface area contributed by atoms with E-state index < -0.39 is 18.7 Å². The fourth-order valence-corrected chi connectivity index (χ4v) is 2.94. The number of nitrogens with zero attached hydrogens (tertiary/aromatic N) is 3. The van der Waals surface area contributed by atoms with E-state index in [0.29, 0.717) is 11.4 Å². The van der Waals surface area contributed by atoms with E-state index in [1.54, 1.807) is 11.6 Å². The first kappa shape index (κ1) is 19.2. The first-order chi connectivity index (χ1) is 12.8. The van der Waals surface area contributed by atoms with Crippen LogP contribution in [0.3, 0.4) is 0 Å². The van der Waals surface area contributed by atoms with E-state index in [1.807, 2.05) is 0 Å². The number of amides is 1. The van der Waals surface area contributed by atoms with E-state index in [0.717, 1.165) is 25.9 Å². The van der Waals surface area contributed by atoms with Crippen molar-refractivity contribution in [3.63, 3.8) is 0 Å². The summed E-state index contributed by atoms with van der Waals surface area (Å²) in [6, 6.07) is 5.87. The monoisotopic (exact) mass is 383 g/mol.